The number of aliphatic hydroxyl groups is 2. The second kappa shape index (κ2) is 8.82. The fourth-order valence-electron chi connectivity index (χ4n) is 3.80. The predicted molar refractivity (Wildman–Crippen MR) is 116 cm³/mol. The number of ether oxygens (including phenoxy) is 1. The number of benzene rings is 1. The van der Waals surface area contributed by atoms with Gasteiger partial charge in [0.05, 0.1) is 49.6 Å². The van der Waals surface area contributed by atoms with E-state index in [0.717, 1.165) is 0 Å². The molecule has 3 N–H and O–H groups in total. The Bertz CT molecular complexity index is 1210. The van der Waals surface area contributed by atoms with E-state index in [2.05, 4.69) is 20.8 Å². The molecule has 0 spiro atoms. The highest BCUT2D eigenvalue weighted by atomic mass is 19.1. The maximum atomic E-state index is 15.0. The number of hydrogen-bond donors (Lipinski definition) is 3. The van der Waals surface area contributed by atoms with Gasteiger partial charge in [0, 0.05) is 23.5 Å². The van der Waals surface area contributed by atoms with Gasteiger partial charge in [0.15, 0.2) is 5.60 Å². The number of hydroxylamine groups is 1. The van der Waals surface area contributed by atoms with Crippen molar-refractivity contribution in [3.63, 3.8) is 0 Å². The minimum atomic E-state index is -1.22. The molecule has 0 saturated carbocycles. The lowest BCUT2D eigenvalue weighted by Gasteiger charge is -2.18. The molecule has 176 valence electrons. The molecule has 11 nitrogen and oxygen atoms in total. The van der Waals surface area contributed by atoms with Crippen LogP contribution in [0.15, 0.2) is 55.0 Å². The Labute approximate surface area is 193 Å². The number of carbonyl (C=O) groups is 1. The summed E-state index contributed by atoms with van der Waals surface area (Å²) in [5, 5.41) is 26.4. The van der Waals surface area contributed by atoms with Crippen molar-refractivity contribution >= 4 is 17.5 Å². The number of amides is 1. The van der Waals surface area contributed by atoms with E-state index in [1.54, 1.807) is 41.2 Å². The van der Waals surface area contributed by atoms with E-state index in [9.17, 15) is 19.4 Å². The van der Waals surface area contributed by atoms with E-state index in [1.807, 2.05) is 0 Å². The molecule has 5 rings (SSSR count). The van der Waals surface area contributed by atoms with Crippen LogP contribution in [0, 0.1) is 5.82 Å². The average molecular weight is 468 g/mol. The number of halogens is 1. The van der Waals surface area contributed by atoms with E-state index >= 15 is 0 Å². The minimum Gasteiger partial charge on any atom is -0.442 e. The van der Waals surface area contributed by atoms with Crippen molar-refractivity contribution in [1.29, 1.82) is 0 Å². The minimum absolute atomic E-state index is 0.265. The van der Waals surface area contributed by atoms with Gasteiger partial charge in [0.1, 0.15) is 11.9 Å². The number of anilines is 1. The third kappa shape index (κ3) is 4.09. The molecule has 12 heteroatoms. The van der Waals surface area contributed by atoms with Gasteiger partial charge in [-0.2, -0.15) is 0 Å². The maximum absolute atomic E-state index is 15.0. The normalized spacial score (nSPS) is 19.1. The zero-order valence-electron chi connectivity index (χ0n) is 17.8. The number of rotatable bonds is 7. The molecular formula is C22H21FN6O5. The van der Waals surface area contributed by atoms with Crippen LogP contribution in [0.25, 0.3) is 16.8 Å². The SMILES string of the molecule is O=C1O[C@@H](Cn2ccnn2)CN1c1ccc(-c2ccc(C3=CC(CO)(CO)ON3)nc2)c(F)c1. The first-order chi connectivity index (χ1) is 16.5. The topological polar surface area (TPSA) is 135 Å². The molecule has 1 fully saturated rings. The number of cyclic esters (lactones) is 1. The fraction of sp³-hybridized carbons (Fsp3) is 0.273. The van der Waals surface area contributed by atoms with Crippen LogP contribution in [0.4, 0.5) is 14.9 Å². The van der Waals surface area contributed by atoms with Crippen LogP contribution in [-0.4, -0.2) is 67.7 Å². The Morgan fingerprint density at radius 3 is 2.74 bits per heavy atom. The standard InChI is InChI=1S/C22H21FN6O5/c23-18-7-15(29-11-16(33-21(29)32)10-28-6-5-25-27-28)2-3-17(18)14-1-4-19(24-9-14)20-8-22(12-30,13-31)34-26-20/h1-9,16,26,30-31H,10-13H2/t16-/m0/s1. The van der Waals surface area contributed by atoms with Gasteiger partial charge in [-0.1, -0.05) is 11.3 Å². The van der Waals surface area contributed by atoms with Crippen molar-refractivity contribution in [3.8, 4) is 11.1 Å². The van der Waals surface area contributed by atoms with E-state index in [-0.39, 0.29) is 6.54 Å². The van der Waals surface area contributed by atoms with Crippen molar-refractivity contribution in [3.05, 3.63) is 66.5 Å². The smallest absolute Gasteiger partial charge is 0.414 e. The third-order valence-electron chi connectivity index (χ3n) is 5.66. The number of pyridine rings is 1. The molecule has 2 aliphatic rings. The van der Waals surface area contributed by atoms with Gasteiger partial charge < -0.3 is 14.9 Å². The quantitative estimate of drug-likeness (QED) is 0.466. The highest BCUT2D eigenvalue weighted by molar-refractivity contribution is 5.90. The van der Waals surface area contributed by atoms with Crippen molar-refractivity contribution < 1.29 is 29.0 Å². The van der Waals surface area contributed by atoms with Crippen molar-refractivity contribution in [2.24, 2.45) is 0 Å². The number of aromatic nitrogens is 4. The summed E-state index contributed by atoms with van der Waals surface area (Å²) in [6.45, 7) is -0.182. The van der Waals surface area contributed by atoms with Gasteiger partial charge in [-0.25, -0.2) is 13.9 Å². The lowest BCUT2D eigenvalue weighted by molar-refractivity contribution is -0.0923. The molecular weight excluding hydrogens is 447 g/mol. The summed E-state index contributed by atoms with van der Waals surface area (Å²) in [5.74, 6) is -0.513. The highest BCUT2D eigenvalue weighted by Gasteiger charge is 2.35. The summed E-state index contributed by atoms with van der Waals surface area (Å²) in [4.78, 5) is 23.3. The lowest BCUT2D eigenvalue weighted by Crippen LogP contribution is -2.37. The number of nitrogens with one attached hydrogen (secondary N) is 1. The molecule has 2 aromatic heterocycles. The largest absolute Gasteiger partial charge is 0.442 e. The van der Waals surface area contributed by atoms with Crippen LogP contribution in [-0.2, 0) is 16.1 Å². The first kappa shape index (κ1) is 21.9. The van der Waals surface area contributed by atoms with Gasteiger partial charge in [-0.05, 0) is 30.3 Å². The molecule has 0 aliphatic carbocycles. The van der Waals surface area contributed by atoms with Crippen molar-refractivity contribution in [2.75, 3.05) is 24.7 Å². The maximum Gasteiger partial charge on any atom is 0.414 e. The van der Waals surface area contributed by atoms with E-state index < -0.39 is 36.8 Å². The highest BCUT2D eigenvalue weighted by Crippen LogP contribution is 2.30. The summed E-state index contributed by atoms with van der Waals surface area (Å²) in [7, 11) is 0. The van der Waals surface area contributed by atoms with Crippen LogP contribution >= 0.6 is 0 Å². The third-order valence-corrected chi connectivity index (χ3v) is 5.66. The molecule has 1 atom stereocenters. The fourth-order valence-corrected chi connectivity index (χ4v) is 3.80. The van der Waals surface area contributed by atoms with E-state index in [0.29, 0.717) is 34.8 Å². The predicted octanol–water partition coefficient (Wildman–Crippen LogP) is 1.10. The Morgan fingerprint density at radius 2 is 2.09 bits per heavy atom. The van der Waals surface area contributed by atoms with Gasteiger partial charge >= 0.3 is 6.09 Å². The molecule has 1 aromatic carbocycles. The number of hydrogen-bond acceptors (Lipinski definition) is 9. The lowest BCUT2D eigenvalue weighted by atomic mass is 10.0. The number of carbonyl (C=O) groups excluding carboxylic acids is 1. The summed E-state index contributed by atoms with van der Waals surface area (Å²) < 4.78 is 21.9. The summed E-state index contributed by atoms with van der Waals surface area (Å²) in [6.07, 6.45) is 5.29. The van der Waals surface area contributed by atoms with Gasteiger partial charge in [-0.3, -0.25) is 20.2 Å². The summed E-state index contributed by atoms with van der Waals surface area (Å²) in [5.41, 5.74) is 3.65. The van der Waals surface area contributed by atoms with E-state index in [4.69, 9.17) is 9.57 Å². The molecule has 4 heterocycles. The molecule has 0 unspecified atom stereocenters. The Morgan fingerprint density at radius 1 is 1.24 bits per heavy atom. The van der Waals surface area contributed by atoms with E-state index in [1.165, 1.54) is 23.4 Å². The molecule has 0 bridgehead atoms. The number of nitrogens with zero attached hydrogens (tertiary/aromatic N) is 5. The number of aliphatic hydroxyl groups excluding tert-OH is 2. The van der Waals surface area contributed by atoms with Crippen LogP contribution in [0.2, 0.25) is 0 Å². The van der Waals surface area contributed by atoms with Crippen molar-refractivity contribution in [1.82, 2.24) is 25.5 Å². The first-order valence-corrected chi connectivity index (χ1v) is 10.5. The van der Waals surface area contributed by atoms with Crippen LogP contribution in [0.3, 0.4) is 0 Å². The average Bonchev–Trinajstić information content (AvgIpc) is 3.60. The molecule has 1 saturated heterocycles. The second-order valence-corrected chi connectivity index (χ2v) is 7.98. The Hall–Kier alpha value is -3.87. The zero-order valence-corrected chi connectivity index (χ0v) is 17.8. The molecule has 34 heavy (non-hydrogen) atoms. The molecule has 3 aromatic rings. The van der Waals surface area contributed by atoms with Gasteiger partial charge in [-0.15, -0.1) is 5.10 Å². The van der Waals surface area contributed by atoms with Crippen LogP contribution in [0.1, 0.15) is 5.69 Å². The Balaban J connectivity index is 1.31. The zero-order chi connectivity index (χ0) is 23.7. The Kier molecular flexibility index (Phi) is 5.69. The van der Waals surface area contributed by atoms with Crippen molar-refractivity contribution in [2.45, 2.75) is 18.2 Å². The van der Waals surface area contributed by atoms with Gasteiger partial charge in [0.25, 0.3) is 0 Å². The second-order valence-electron chi connectivity index (χ2n) is 7.98. The summed E-state index contributed by atoms with van der Waals surface area (Å²) >= 11 is 0. The first-order valence-electron chi connectivity index (χ1n) is 10.5. The van der Waals surface area contributed by atoms with Crippen LogP contribution < -0.4 is 10.4 Å². The van der Waals surface area contributed by atoms with Crippen LogP contribution in [0.5, 0.6) is 0 Å². The molecule has 2 aliphatic heterocycles. The summed E-state index contributed by atoms with van der Waals surface area (Å²) in [6, 6.07) is 7.88. The molecule has 1 amide bonds. The molecule has 0 radical (unpaired) electrons. The monoisotopic (exact) mass is 468 g/mol. The van der Waals surface area contributed by atoms with Gasteiger partial charge in [0.2, 0.25) is 0 Å².